The third-order valence-electron chi connectivity index (χ3n) is 3.38. The van der Waals surface area contributed by atoms with Gasteiger partial charge in [0.1, 0.15) is 5.82 Å². The van der Waals surface area contributed by atoms with Crippen molar-refractivity contribution in [3.63, 3.8) is 0 Å². The summed E-state index contributed by atoms with van der Waals surface area (Å²) in [6.45, 7) is 2.71. The molecule has 0 bridgehead atoms. The van der Waals surface area contributed by atoms with Crippen molar-refractivity contribution in [3.8, 4) is 0 Å². The maximum Gasteiger partial charge on any atom is 0.157 e. The van der Waals surface area contributed by atoms with Crippen molar-refractivity contribution in [2.45, 2.75) is 31.7 Å². The van der Waals surface area contributed by atoms with E-state index >= 15 is 0 Å². The van der Waals surface area contributed by atoms with Gasteiger partial charge in [-0.25, -0.2) is 4.39 Å². The van der Waals surface area contributed by atoms with E-state index in [0.717, 1.165) is 19.4 Å². The fourth-order valence-electron chi connectivity index (χ4n) is 2.19. The summed E-state index contributed by atoms with van der Waals surface area (Å²) in [5.41, 5.74) is -0.222. The zero-order valence-electron chi connectivity index (χ0n) is 9.72. The summed E-state index contributed by atoms with van der Waals surface area (Å²) in [6.07, 6.45) is 1.83. The molecule has 1 saturated heterocycles. The minimum atomic E-state index is -0.522. The molecule has 1 heterocycles. The van der Waals surface area contributed by atoms with Gasteiger partial charge in [-0.15, -0.1) is 0 Å². The fourth-order valence-corrected chi connectivity index (χ4v) is 2.42. The first kappa shape index (κ1) is 12.5. The van der Waals surface area contributed by atoms with Gasteiger partial charge in [0.2, 0.25) is 0 Å². The average Bonchev–Trinajstić information content (AvgIpc) is 2.72. The van der Waals surface area contributed by atoms with Gasteiger partial charge in [0.25, 0.3) is 0 Å². The van der Waals surface area contributed by atoms with Crippen LogP contribution in [0.1, 0.15) is 25.3 Å². The van der Waals surface area contributed by atoms with E-state index in [-0.39, 0.29) is 12.2 Å². The Morgan fingerprint density at radius 1 is 1.59 bits per heavy atom. The molecule has 0 radical (unpaired) electrons. The predicted octanol–water partition coefficient (Wildman–Crippen LogP) is 2.73. The Balaban J connectivity index is 2.18. The van der Waals surface area contributed by atoms with E-state index in [9.17, 15) is 9.18 Å². The monoisotopic (exact) mass is 255 g/mol. The minimum absolute atomic E-state index is 0.00185. The second-order valence-corrected chi connectivity index (χ2v) is 5.07. The second-order valence-electron chi connectivity index (χ2n) is 4.66. The van der Waals surface area contributed by atoms with E-state index in [1.165, 1.54) is 6.07 Å². The van der Waals surface area contributed by atoms with Crippen molar-refractivity contribution in [1.29, 1.82) is 0 Å². The van der Waals surface area contributed by atoms with Gasteiger partial charge < -0.3 is 5.32 Å². The molecule has 1 atom stereocenters. The van der Waals surface area contributed by atoms with Crippen molar-refractivity contribution < 1.29 is 9.18 Å². The van der Waals surface area contributed by atoms with E-state index in [4.69, 9.17) is 11.6 Å². The van der Waals surface area contributed by atoms with Crippen LogP contribution in [0.5, 0.6) is 0 Å². The highest BCUT2D eigenvalue weighted by Gasteiger charge is 2.35. The average molecular weight is 256 g/mol. The molecule has 0 saturated carbocycles. The van der Waals surface area contributed by atoms with Crippen molar-refractivity contribution in [2.24, 2.45) is 0 Å². The third-order valence-corrected chi connectivity index (χ3v) is 3.74. The quantitative estimate of drug-likeness (QED) is 0.900. The number of hydrogen-bond acceptors (Lipinski definition) is 2. The molecule has 2 nitrogen and oxygen atoms in total. The molecular weight excluding hydrogens is 241 g/mol. The lowest BCUT2D eigenvalue weighted by atomic mass is 9.90. The molecule has 0 aromatic heterocycles. The SMILES string of the molecule is CC1(C(=O)Cc2c(F)cccc2Cl)CCCN1. The minimum Gasteiger partial charge on any atom is -0.305 e. The van der Waals surface area contributed by atoms with Gasteiger partial charge in [0, 0.05) is 17.0 Å². The first-order valence-electron chi connectivity index (χ1n) is 5.74. The molecule has 1 N–H and O–H groups in total. The Hall–Kier alpha value is -0.930. The van der Waals surface area contributed by atoms with E-state index in [1.54, 1.807) is 12.1 Å². The second kappa shape index (κ2) is 4.75. The summed E-state index contributed by atoms with van der Waals surface area (Å²) in [5, 5.41) is 3.50. The van der Waals surface area contributed by atoms with Crippen LogP contribution >= 0.6 is 11.6 Å². The topological polar surface area (TPSA) is 29.1 Å². The molecule has 0 spiro atoms. The third kappa shape index (κ3) is 2.50. The summed E-state index contributed by atoms with van der Waals surface area (Å²) in [4.78, 5) is 12.2. The number of carbonyl (C=O) groups is 1. The van der Waals surface area contributed by atoms with Gasteiger partial charge in [-0.05, 0) is 38.4 Å². The van der Waals surface area contributed by atoms with Crippen LogP contribution in [0.4, 0.5) is 4.39 Å². The molecule has 1 aliphatic heterocycles. The van der Waals surface area contributed by atoms with Crippen LogP contribution in [0.2, 0.25) is 5.02 Å². The van der Waals surface area contributed by atoms with Crippen molar-refractivity contribution in [1.82, 2.24) is 5.32 Å². The lowest BCUT2D eigenvalue weighted by Crippen LogP contribution is -2.45. The van der Waals surface area contributed by atoms with Gasteiger partial charge in [-0.2, -0.15) is 0 Å². The molecule has 1 fully saturated rings. The lowest BCUT2D eigenvalue weighted by molar-refractivity contribution is -0.123. The number of Topliss-reactive ketones (excluding diaryl/α,β-unsaturated/α-hetero) is 1. The van der Waals surface area contributed by atoms with Crippen LogP contribution in [0, 0.1) is 5.82 Å². The number of benzene rings is 1. The Morgan fingerprint density at radius 2 is 2.35 bits per heavy atom. The summed E-state index contributed by atoms with van der Waals surface area (Å²) in [6, 6.07) is 4.48. The van der Waals surface area contributed by atoms with Crippen LogP contribution in [0.25, 0.3) is 0 Å². The summed E-state index contributed by atoms with van der Waals surface area (Å²) in [5.74, 6) is -0.408. The molecule has 1 aromatic carbocycles. The number of carbonyl (C=O) groups excluding carboxylic acids is 1. The first-order valence-corrected chi connectivity index (χ1v) is 6.12. The van der Waals surface area contributed by atoms with E-state index < -0.39 is 11.4 Å². The molecule has 92 valence electrons. The highest BCUT2D eigenvalue weighted by Crippen LogP contribution is 2.25. The van der Waals surface area contributed by atoms with Crippen molar-refractivity contribution in [2.75, 3.05) is 6.54 Å². The molecule has 1 aromatic rings. The Bertz CT molecular complexity index is 421. The molecule has 1 unspecified atom stereocenters. The zero-order chi connectivity index (χ0) is 12.5. The summed E-state index contributed by atoms with van der Waals surface area (Å²) < 4.78 is 13.6. The molecule has 0 amide bonds. The van der Waals surface area contributed by atoms with Gasteiger partial charge in [0.15, 0.2) is 5.78 Å². The fraction of sp³-hybridized carbons (Fsp3) is 0.462. The standard InChI is InChI=1S/C13H15ClFNO/c1-13(6-3-7-16-13)12(17)8-9-10(14)4-2-5-11(9)15/h2,4-5,16H,3,6-8H2,1H3. The molecule has 4 heteroatoms. The highest BCUT2D eigenvalue weighted by atomic mass is 35.5. The maximum atomic E-state index is 13.6. The van der Waals surface area contributed by atoms with E-state index in [0.29, 0.717) is 10.6 Å². The highest BCUT2D eigenvalue weighted by molar-refractivity contribution is 6.31. The van der Waals surface area contributed by atoms with E-state index in [2.05, 4.69) is 5.32 Å². The largest absolute Gasteiger partial charge is 0.305 e. The molecule has 0 aliphatic carbocycles. The van der Waals surface area contributed by atoms with Crippen LogP contribution in [-0.4, -0.2) is 17.9 Å². The normalized spacial score (nSPS) is 23.9. The summed E-state index contributed by atoms with van der Waals surface area (Å²) in [7, 11) is 0. The molecule has 1 aliphatic rings. The molecular formula is C13H15ClFNO. The Morgan fingerprint density at radius 3 is 2.94 bits per heavy atom. The Kier molecular flexibility index (Phi) is 3.50. The number of halogens is 2. The van der Waals surface area contributed by atoms with Crippen molar-refractivity contribution >= 4 is 17.4 Å². The predicted molar refractivity (Wildman–Crippen MR) is 65.8 cm³/mol. The first-order chi connectivity index (χ1) is 8.03. The number of nitrogens with one attached hydrogen (secondary N) is 1. The van der Waals surface area contributed by atoms with Gasteiger partial charge in [0.05, 0.1) is 5.54 Å². The van der Waals surface area contributed by atoms with Crippen LogP contribution in [0.3, 0.4) is 0 Å². The number of hydrogen-bond donors (Lipinski definition) is 1. The lowest BCUT2D eigenvalue weighted by Gasteiger charge is -2.22. The summed E-state index contributed by atoms with van der Waals surface area (Å²) >= 11 is 5.91. The van der Waals surface area contributed by atoms with Gasteiger partial charge >= 0.3 is 0 Å². The van der Waals surface area contributed by atoms with Crippen LogP contribution in [-0.2, 0) is 11.2 Å². The van der Waals surface area contributed by atoms with Crippen LogP contribution in [0.15, 0.2) is 18.2 Å². The smallest absolute Gasteiger partial charge is 0.157 e. The molecule has 2 rings (SSSR count). The van der Waals surface area contributed by atoms with Crippen molar-refractivity contribution in [3.05, 3.63) is 34.6 Å². The number of rotatable bonds is 3. The number of ketones is 1. The van der Waals surface area contributed by atoms with E-state index in [1.807, 2.05) is 6.92 Å². The van der Waals surface area contributed by atoms with Gasteiger partial charge in [-0.1, -0.05) is 17.7 Å². The zero-order valence-corrected chi connectivity index (χ0v) is 10.5. The maximum absolute atomic E-state index is 13.6. The Labute approximate surface area is 105 Å². The molecule has 17 heavy (non-hydrogen) atoms. The van der Waals surface area contributed by atoms with Gasteiger partial charge in [-0.3, -0.25) is 4.79 Å². The van der Waals surface area contributed by atoms with Crippen LogP contribution < -0.4 is 5.32 Å².